The van der Waals surface area contributed by atoms with Crippen LogP contribution < -0.4 is 0 Å². The summed E-state index contributed by atoms with van der Waals surface area (Å²) in [5.74, 6) is -0.358. The average molecular weight is 304 g/mol. The normalized spacial score (nSPS) is 11.0. The minimum atomic E-state index is -0.358. The van der Waals surface area contributed by atoms with Gasteiger partial charge in [0.1, 0.15) is 5.56 Å². The van der Waals surface area contributed by atoms with Crippen LogP contribution in [0, 0.1) is 0 Å². The molecule has 0 aliphatic heterocycles. The van der Waals surface area contributed by atoms with Crippen LogP contribution in [0.4, 0.5) is 0 Å². The van der Waals surface area contributed by atoms with Crippen LogP contribution >= 0.6 is 11.6 Å². The summed E-state index contributed by atoms with van der Waals surface area (Å²) in [5, 5.41) is 4.87. The summed E-state index contributed by atoms with van der Waals surface area (Å²) < 4.78 is 8.69. The second kappa shape index (κ2) is 5.61. The zero-order chi connectivity index (χ0) is 14.8. The molecule has 0 aliphatic carbocycles. The van der Waals surface area contributed by atoms with Gasteiger partial charge in [0.25, 0.3) is 0 Å². The van der Waals surface area contributed by atoms with E-state index in [1.807, 2.05) is 41.2 Å². The topological polar surface area (TPSA) is 48.5 Å². The second-order valence-corrected chi connectivity index (χ2v) is 5.04. The Balaban J connectivity index is 1.97. The SMILES string of the molecule is CCOC(=O)c1cnn2ccn(Cc3ccc(Cl)cc3)c12. The number of imidazole rings is 1. The monoisotopic (exact) mass is 303 g/mol. The molecule has 108 valence electrons. The quantitative estimate of drug-likeness (QED) is 0.696. The fraction of sp³-hybridized carbons (Fsp3) is 0.200. The first kappa shape index (κ1) is 13.7. The molecule has 2 aromatic heterocycles. The highest BCUT2D eigenvalue weighted by Gasteiger charge is 2.17. The van der Waals surface area contributed by atoms with Gasteiger partial charge in [-0.15, -0.1) is 0 Å². The molecule has 0 saturated heterocycles. The van der Waals surface area contributed by atoms with Crippen molar-refractivity contribution < 1.29 is 9.53 Å². The Labute approximate surface area is 126 Å². The molecule has 0 fully saturated rings. The minimum Gasteiger partial charge on any atom is -0.462 e. The molecule has 3 aromatic rings. The fourth-order valence-electron chi connectivity index (χ4n) is 2.23. The van der Waals surface area contributed by atoms with Crippen LogP contribution in [-0.4, -0.2) is 26.8 Å². The number of benzene rings is 1. The predicted molar refractivity (Wildman–Crippen MR) is 79.7 cm³/mol. The van der Waals surface area contributed by atoms with Crippen LogP contribution in [0.3, 0.4) is 0 Å². The molecule has 0 amide bonds. The smallest absolute Gasteiger partial charge is 0.343 e. The number of esters is 1. The van der Waals surface area contributed by atoms with Crippen molar-refractivity contribution in [3.05, 3.63) is 59.0 Å². The largest absolute Gasteiger partial charge is 0.462 e. The van der Waals surface area contributed by atoms with Crippen molar-refractivity contribution in [2.24, 2.45) is 0 Å². The molecule has 0 unspecified atom stereocenters. The number of nitrogens with zero attached hydrogens (tertiary/aromatic N) is 3. The maximum atomic E-state index is 12.0. The van der Waals surface area contributed by atoms with Gasteiger partial charge in [-0.1, -0.05) is 23.7 Å². The van der Waals surface area contributed by atoms with Crippen LogP contribution in [0.25, 0.3) is 5.65 Å². The van der Waals surface area contributed by atoms with E-state index in [4.69, 9.17) is 16.3 Å². The predicted octanol–water partition coefficient (Wildman–Crippen LogP) is 3.01. The Morgan fingerprint density at radius 2 is 2.05 bits per heavy atom. The molecule has 5 nitrogen and oxygen atoms in total. The minimum absolute atomic E-state index is 0.341. The molecule has 3 rings (SSSR count). The molecule has 0 spiro atoms. The lowest BCUT2D eigenvalue weighted by molar-refractivity contribution is 0.0528. The number of rotatable bonds is 4. The summed E-state index contributed by atoms with van der Waals surface area (Å²) in [6.45, 7) is 2.76. The van der Waals surface area contributed by atoms with Crippen molar-refractivity contribution in [3.8, 4) is 0 Å². The van der Waals surface area contributed by atoms with Gasteiger partial charge in [0, 0.05) is 24.0 Å². The Kier molecular flexibility index (Phi) is 3.66. The number of ether oxygens (including phenoxy) is 1. The van der Waals surface area contributed by atoms with E-state index in [1.54, 1.807) is 11.4 Å². The number of aromatic nitrogens is 3. The first-order valence-corrected chi connectivity index (χ1v) is 7.01. The molecule has 0 aliphatic rings. The number of halogens is 1. The Morgan fingerprint density at radius 3 is 2.76 bits per heavy atom. The Bertz CT molecular complexity index is 774. The lowest BCUT2D eigenvalue weighted by Gasteiger charge is -2.06. The van der Waals surface area contributed by atoms with Gasteiger partial charge in [-0.25, -0.2) is 9.31 Å². The lowest BCUT2D eigenvalue weighted by Crippen LogP contribution is -2.07. The van der Waals surface area contributed by atoms with Crippen LogP contribution in [0.5, 0.6) is 0 Å². The summed E-state index contributed by atoms with van der Waals surface area (Å²) >= 11 is 5.89. The molecule has 0 radical (unpaired) electrons. The second-order valence-electron chi connectivity index (χ2n) is 4.60. The number of hydrogen-bond acceptors (Lipinski definition) is 3. The number of hydrogen-bond donors (Lipinski definition) is 0. The molecule has 6 heteroatoms. The van der Waals surface area contributed by atoms with Crippen molar-refractivity contribution in [2.75, 3.05) is 6.61 Å². The Morgan fingerprint density at radius 1 is 1.29 bits per heavy atom. The van der Waals surface area contributed by atoms with Gasteiger partial charge in [-0.05, 0) is 24.6 Å². The summed E-state index contributed by atoms with van der Waals surface area (Å²) in [4.78, 5) is 12.0. The van der Waals surface area contributed by atoms with Crippen molar-refractivity contribution in [3.63, 3.8) is 0 Å². The van der Waals surface area contributed by atoms with Gasteiger partial charge < -0.3 is 9.30 Å². The zero-order valence-electron chi connectivity index (χ0n) is 11.5. The molecular formula is C15H14ClN3O2. The van der Waals surface area contributed by atoms with E-state index in [1.165, 1.54) is 6.20 Å². The van der Waals surface area contributed by atoms with Crippen molar-refractivity contribution in [1.29, 1.82) is 0 Å². The molecule has 0 bridgehead atoms. The van der Waals surface area contributed by atoms with E-state index in [0.29, 0.717) is 23.7 Å². The maximum absolute atomic E-state index is 12.0. The molecule has 0 saturated carbocycles. The molecule has 0 atom stereocenters. The summed E-state index contributed by atoms with van der Waals surface area (Å²) in [7, 11) is 0. The third kappa shape index (κ3) is 2.64. The van der Waals surface area contributed by atoms with Crippen LogP contribution in [0.1, 0.15) is 22.8 Å². The van der Waals surface area contributed by atoms with E-state index in [2.05, 4.69) is 5.10 Å². The van der Waals surface area contributed by atoms with Crippen LogP contribution in [0.2, 0.25) is 5.02 Å². The van der Waals surface area contributed by atoms with Gasteiger partial charge in [0.2, 0.25) is 0 Å². The van der Waals surface area contributed by atoms with Crippen molar-refractivity contribution >= 4 is 23.2 Å². The van der Waals surface area contributed by atoms with E-state index in [-0.39, 0.29) is 5.97 Å². The average Bonchev–Trinajstić information content (AvgIpc) is 3.04. The van der Waals surface area contributed by atoms with E-state index in [9.17, 15) is 4.79 Å². The first-order chi connectivity index (χ1) is 10.2. The van der Waals surface area contributed by atoms with E-state index >= 15 is 0 Å². The first-order valence-electron chi connectivity index (χ1n) is 6.63. The van der Waals surface area contributed by atoms with E-state index < -0.39 is 0 Å². The molecule has 0 N–H and O–H groups in total. The van der Waals surface area contributed by atoms with Crippen LogP contribution in [-0.2, 0) is 11.3 Å². The van der Waals surface area contributed by atoms with Gasteiger partial charge in [0.05, 0.1) is 12.8 Å². The summed E-state index contributed by atoms with van der Waals surface area (Å²) in [6.07, 6.45) is 5.24. The third-order valence-electron chi connectivity index (χ3n) is 3.19. The van der Waals surface area contributed by atoms with Crippen molar-refractivity contribution in [2.45, 2.75) is 13.5 Å². The zero-order valence-corrected chi connectivity index (χ0v) is 12.2. The summed E-state index contributed by atoms with van der Waals surface area (Å²) in [6, 6.07) is 7.61. The highest BCUT2D eigenvalue weighted by molar-refractivity contribution is 6.30. The highest BCUT2D eigenvalue weighted by Crippen LogP contribution is 2.16. The number of fused-ring (bicyclic) bond motifs is 1. The lowest BCUT2D eigenvalue weighted by atomic mass is 10.2. The van der Waals surface area contributed by atoms with Gasteiger partial charge >= 0.3 is 5.97 Å². The third-order valence-corrected chi connectivity index (χ3v) is 3.44. The van der Waals surface area contributed by atoms with Crippen molar-refractivity contribution in [1.82, 2.24) is 14.2 Å². The van der Waals surface area contributed by atoms with E-state index in [0.717, 1.165) is 11.2 Å². The summed E-state index contributed by atoms with van der Waals surface area (Å²) in [5.41, 5.74) is 2.28. The van der Waals surface area contributed by atoms with Gasteiger partial charge in [-0.2, -0.15) is 5.10 Å². The standard InChI is InChI=1S/C15H14ClN3O2/c1-2-21-15(20)13-9-17-19-8-7-18(14(13)19)10-11-3-5-12(16)6-4-11/h3-9H,2,10H2,1H3. The molecule has 1 aromatic carbocycles. The number of carbonyl (C=O) groups excluding carboxylic acids is 1. The number of carbonyl (C=O) groups is 1. The maximum Gasteiger partial charge on any atom is 0.343 e. The van der Waals surface area contributed by atoms with Crippen LogP contribution in [0.15, 0.2) is 42.9 Å². The Hall–Kier alpha value is -2.27. The highest BCUT2D eigenvalue weighted by atomic mass is 35.5. The molecule has 21 heavy (non-hydrogen) atoms. The molecular weight excluding hydrogens is 290 g/mol. The fourth-order valence-corrected chi connectivity index (χ4v) is 2.36. The van der Waals surface area contributed by atoms with Gasteiger partial charge in [-0.3, -0.25) is 0 Å². The molecule has 2 heterocycles. The van der Waals surface area contributed by atoms with Gasteiger partial charge in [0.15, 0.2) is 5.65 Å².